The minimum atomic E-state index is 0.578. The van der Waals surface area contributed by atoms with E-state index in [4.69, 9.17) is 17.5 Å². The Balaban J connectivity index is 2.50. The number of rotatable bonds is 3. The van der Waals surface area contributed by atoms with E-state index in [2.05, 4.69) is 23.0 Å². The van der Waals surface area contributed by atoms with Gasteiger partial charge in [0.2, 0.25) is 0 Å². The van der Waals surface area contributed by atoms with Crippen molar-refractivity contribution in [1.29, 1.82) is 5.26 Å². The zero-order chi connectivity index (χ0) is 13.0. The molecule has 0 radical (unpaired) electrons. The molecule has 18 heavy (non-hydrogen) atoms. The van der Waals surface area contributed by atoms with Crippen LogP contribution in [0.4, 0.5) is 0 Å². The van der Waals surface area contributed by atoms with Gasteiger partial charge in [-0.2, -0.15) is 5.26 Å². The SMILES string of the molecule is CCCc1nc(=S)cc(-c2cccc(C#N)c2)[nH]1. The van der Waals surface area contributed by atoms with E-state index in [1.807, 2.05) is 24.3 Å². The quantitative estimate of drug-likeness (QED) is 0.852. The van der Waals surface area contributed by atoms with Gasteiger partial charge >= 0.3 is 0 Å². The molecule has 3 nitrogen and oxygen atoms in total. The maximum Gasteiger partial charge on any atom is 0.130 e. The minimum Gasteiger partial charge on any atom is -0.343 e. The Labute approximate surface area is 111 Å². The molecule has 1 N–H and O–H groups in total. The molecule has 0 fully saturated rings. The average molecular weight is 255 g/mol. The number of hydrogen-bond acceptors (Lipinski definition) is 3. The molecule has 0 aliphatic rings. The van der Waals surface area contributed by atoms with Gasteiger partial charge in [0.25, 0.3) is 0 Å². The van der Waals surface area contributed by atoms with E-state index in [1.54, 1.807) is 6.07 Å². The van der Waals surface area contributed by atoms with E-state index in [1.165, 1.54) is 0 Å². The third kappa shape index (κ3) is 2.82. The fraction of sp³-hybridized carbons (Fsp3) is 0.214. The van der Waals surface area contributed by atoms with Gasteiger partial charge in [0.05, 0.1) is 11.6 Å². The van der Waals surface area contributed by atoms with E-state index < -0.39 is 0 Å². The van der Waals surface area contributed by atoms with Crippen LogP contribution >= 0.6 is 12.2 Å². The summed E-state index contributed by atoms with van der Waals surface area (Å²) >= 11 is 5.17. The third-order valence-corrected chi connectivity index (χ3v) is 2.79. The summed E-state index contributed by atoms with van der Waals surface area (Å²) in [5.74, 6) is 0.891. The van der Waals surface area contributed by atoms with Gasteiger partial charge in [-0.05, 0) is 30.2 Å². The predicted molar refractivity (Wildman–Crippen MR) is 73.6 cm³/mol. The number of nitrogens with zero attached hydrogens (tertiary/aromatic N) is 2. The Bertz CT molecular complexity index is 653. The molecule has 0 spiro atoms. The normalized spacial score (nSPS) is 10.0. The van der Waals surface area contributed by atoms with Crippen molar-refractivity contribution >= 4 is 12.2 Å². The first-order valence-electron chi connectivity index (χ1n) is 5.83. The smallest absolute Gasteiger partial charge is 0.130 e. The summed E-state index contributed by atoms with van der Waals surface area (Å²) in [6.07, 6.45) is 1.88. The van der Waals surface area contributed by atoms with Gasteiger partial charge < -0.3 is 4.98 Å². The number of benzene rings is 1. The summed E-state index contributed by atoms with van der Waals surface area (Å²) in [5.41, 5.74) is 2.51. The van der Waals surface area contributed by atoms with Crippen LogP contribution in [0.2, 0.25) is 0 Å². The Morgan fingerprint density at radius 1 is 1.39 bits per heavy atom. The van der Waals surface area contributed by atoms with E-state index in [0.717, 1.165) is 29.9 Å². The Hall–Kier alpha value is -1.99. The Kier molecular flexibility index (Phi) is 3.85. The summed E-state index contributed by atoms with van der Waals surface area (Å²) in [6.45, 7) is 2.10. The van der Waals surface area contributed by atoms with Crippen LogP contribution in [0.15, 0.2) is 30.3 Å². The van der Waals surface area contributed by atoms with Crippen LogP contribution in [-0.2, 0) is 6.42 Å². The molecule has 0 bridgehead atoms. The van der Waals surface area contributed by atoms with Crippen molar-refractivity contribution in [1.82, 2.24) is 9.97 Å². The lowest BCUT2D eigenvalue weighted by Crippen LogP contribution is -1.97. The van der Waals surface area contributed by atoms with Crippen molar-refractivity contribution < 1.29 is 0 Å². The first-order valence-corrected chi connectivity index (χ1v) is 6.24. The third-order valence-electron chi connectivity index (χ3n) is 2.58. The maximum absolute atomic E-state index is 8.91. The lowest BCUT2D eigenvalue weighted by Gasteiger charge is -2.05. The first kappa shape index (κ1) is 12.5. The van der Waals surface area contributed by atoms with Crippen molar-refractivity contribution in [3.63, 3.8) is 0 Å². The van der Waals surface area contributed by atoms with Crippen LogP contribution in [0.5, 0.6) is 0 Å². The molecule has 90 valence electrons. The molecule has 2 rings (SSSR count). The summed E-state index contributed by atoms with van der Waals surface area (Å²) in [6, 6.07) is 11.4. The molecular formula is C14H13N3S. The highest BCUT2D eigenvalue weighted by Crippen LogP contribution is 2.18. The van der Waals surface area contributed by atoms with Gasteiger partial charge in [0, 0.05) is 12.1 Å². The van der Waals surface area contributed by atoms with Crippen LogP contribution in [-0.4, -0.2) is 9.97 Å². The lowest BCUT2D eigenvalue weighted by molar-refractivity contribution is 0.833. The van der Waals surface area contributed by atoms with Gasteiger partial charge in [-0.25, -0.2) is 4.98 Å². The second-order valence-electron chi connectivity index (χ2n) is 4.02. The second-order valence-corrected chi connectivity index (χ2v) is 4.44. The summed E-state index contributed by atoms with van der Waals surface area (Å²) in [5, 5.41) is 8.91. The highest BCUT2D eigenvalue weighted by atomic mass is 32.1. The largest absolute Gasteiger partial charge is 0.343 e. The first-order chi connectivity index (χ1) is 8.72. The summed E-state index contributed by atoms with van der Waals surface area (Å²) < 4.78 is 0.578. The van der Waals surface area contributed by atoms with Crippen molar-refractivity contribution in [2.75, 3.05) is 0 Å². The van der Waals surface area contributed by atoms with E-state index in [-0.39, 0.29) is 0 Å². The van der Waals surface area contributed by atoms with Crippen LogP contribution in [0.3, 0.4) is 0 Å². The Morgan fingerprint density at radius 3 is 2.94 bits per heavy atom. The van der Waals surface area contributed by atoms with Crippen molar-refractivity contribution in [3.8, 4) is 17.3 Å². The number of aryl methyl sites for hydroxylation is 1. The molecule has 0 unspecified atom stereocenters. The van der Waals surface area contributed by atoms with Gasteiger partial charge in [-0.3, -0.25) is 0 Å². The second kappa shape index (κ2) is 5.56. The van der Waals surface area contributed by atoms with Crippen LogP contribution in [0.25, 0.3) is 11.3 Å². The van der Waals surface area contributed by atoms with Crippen LogP contribution in [0, 0.1) is 16.0 Å². The number of hydrogen-bond donors (Lipinski definition) is 1. The van der Waals surface area contributed by atoms with Crippen molar-refractivity contribution in [3.05, 3.63) is 46.4 Å². The standard InChI is InChI=1S/C14H13N3S/c1-2-4-13-16-12(8-14(18)17-13)11-6-3-5-10(7-11)9-15/h3,5-8H,2,4H2,1H3,(H,16,17,18). The number of nitriles is 1. The molecule has 0 saturated heterocycles. The molecule has 0 aliphatic heterocycles. The predicted octanol–water partition coefficient (Wildman–Crippen LogP) is 3.63. The fourth-order valence-electron chi connectivity index (χ4n) is 1.78. The lowest BCUT2D eigenvalue weighted by atomic mass is 10.1. The van der Waals surface area contributed by atoms with Crippen LogP contribution in [0.1, 0.15) is 24.7 Å². The number of nitrogens with one attached hydrogen (secondary N) is 1. The van der Waals surface area contributed by atoms with Gasteiger partial charge in [-0.1, -0.05) is 31.3 Å². The van der Waals surface area contributed by atoms with Crippen LogP contribution < -0.4 is 0 Å². The fourth-order valence-corrected chi connectivity index (χ4v) is 2.00. The molecule has 0 saturated carbocycles. The Morgan fingerprint density at radius 2 is 2.22 bits per heavy atom. The molecular weight excluding hydrogens is 242 g/mol. The average Bonchev–Trinajstić information content (AvgIpc) is 2.38. The van der Waals surface area contributed by atoms with Crippen molar-refractivity contribution in [2.45, 2.75) is 19.8 Å². The summed E-state index contributed by atoms with van der Waals surface area (Å²) in [4.78, 5) is 7.55. The van der Waals surface area contributed by atoms with Gasteiger partial charge in [0.15, 0.2) is 0 Å². The number of H-pyrrole nitrogens is 1. The highest BCUT2D eigenvalue weighted by Gasteiger charge is 2.02. The molecule has 2 aromatic rings. The molecule has 0 amide bonds. The minimum absolute atomic E-state index is 0.578. The molecule has 1 aromatic heterocycles. The van der Waals surface area contributed by atoms with Crippen molar-refractivity contribution in [2.24, 2.45) is 0 Å². The molecule has 1 aromatic carbocycles. The summed E-state index contributed by atoms with van der Waals surface area (Å²) in [7, 11) is 0. The van der Waals surface area contributed by atoms with Gasteiger partial charge in [-0.15, -0.1) is 0 Å². The monoisotopic (exact) mass is 255 g/mol. The number of aromatic amines is 1. The molecule has 0 aliphatic carbocycles. The topological polar surface area (TPSA) is 52.5 Å². The molecule has 4 heteroatoms. The molecule has 0 atom stereocenters. The van der Waals surface area contributed by atoms with E-state index >= 15 is 0 Å². The van der Waals surface area contributed by atoms with E-state index in [0.29, 0.717) is 10.2 Å². The van der Waals surface area contributed by atoms with E-state index in [9.17, 15) is 0 Å². The van der Waals surface area contributed by atoms with Gasteiger partial charge in [0.1, 0.15) is 10.5 Å². The highest BCUT2D eigenvalue weighted by molar-refractivity contribution is 7.71. The molecule has 1 heterocycles. The maximum atomic E-state index is 8.91. The zero-order valence-electron chi connectivity index (χ0n) is 10.1. The zero-order valence-corrected chi connectivity index (χ0v) is 10.9. The number of aromatic nitrogens is 2.